The summed E-state index contributed by atoms with van der Waals surface area (Å²) in [5.41, 5.74) is 1.45. The summed E-state index contributed by atoms with van der Waals surface area (Å²) in [6.07, 6.45) is 3.06. The maximum Gasteiger partial charge on any atom is 0.357 e. The van der Waals surface area contributed by atoms with Crippen molar-refractivity contribution in [1.82, 2.24) is 9.97 Å². The molecule has 1 N–H and O–H groups in total. The van der Waals surface area contributed by atoms with E-state index in [9.17, 15) is 9.59 Å². The van der Waals surface area contributed by atoms with E-state index in [1.807, 2.05) is 33.8 Å². The lowest BCUT2D eigenvalue weighted by Gasteiger charge is -2.19. The molecule has 0 aliphatic heterocycles. The number of aromatic nitrogens is 2. The molecule has 2 aromatic rings. The molecule has 140 valence electrons. The van der Waals surface area contributed by atoms with Crippen LogP contribution in [0.3, 0.4) is 0 Å². The summed E-state index contributed by atoms with van der Waals surface area (Å²) in [7, 11) is 0. The molecule has 0 bridgehead atoms. The second-order valence-electron chi connectivity index (χ2n) is 6.45. The molecule has 0 saturated carbocycles. The van der Waals surface area contributed by atoms with Crippen LogP contribution in [0.25, 0.3) is 0 Å². The zero-order chi connectivity index (χ0) is 20.1. The average molecular weight is 488 g/mol. The lowest BCUT2D eigenvalue weighted by atomic mass is 10.2. The largest absolute Gasteiger partial charge is 0.477 e. The molecule has 0 spiro atoms. The highest BCUT2D eigenvalue weighted by atomic mass is 79.9. The van der Waals surface area contributed by atoms with Crippen molar-refractivity contribution in [2.24, 2.45) is 0 Å². The Hall–Kier alpha value is -1.80. The zero-order valence-electron chi connectivity index (χ0n) is 15.1. The molecule has 0 saturated heterocycles. The van der Waals surface area contributed by atoms with Crippen LogP contribution in [0.5, 0.6) is 0 Å². The third-order valence-electron chi connectivity index (χ3n) is 2.88. The van der Waals surface area contributed by atoms with Crippen molar-refractivity contribution in [3.63, 3.8) is 0 Å². The lowest BCUT2D eigenvalue weighted by Crippen LogP contribution is -2.25. The number of carboxylic acid groups (broad SMARTS) is 1. The van der Waals surface area contributed by atoms with Gasteiger partial charge in [-0.3, -0.25) is 0 Å². The van der Waals surface area contributed by atoms with E-state index in [1.54, 1.807) is 19.2 Å². The fourth-order valence-corrected chi connectivity index (χ4v) is 2.74. The molecule has 2 heterocycles. The number of ether oxygens (including phenoxy) is 1. The Labute approximate surface area is 169 Å². The van der Waals surface area contributed by atoms with Gasteiger partial charge in [0, 0.05) is 21.3 Å². The maximum atomic E-state index is 11.7. The van der Waals surface area contributed by atoms with E-state index in [-0.39, 0.29) is 11.7 Å². The molecule has 8 heteroatoms. The number of esters is 1. The van der Waals surface area contributed by atoms with E-state index in [2.05, 4.69) is 41.8 Å². The number of halogens is 2. The normalized spacial score (nSPS) is 10.6. The van der Waals surface area contributed by atoms with Gasteiger partial charge >= 0.3 is 11.9 Å². The van der Waals surface area contributed by atoms with Gasteiger partial charge in [0.05, 0.1) is 0 Å². The van der Waals surface area contributed by atoms with Gasteiger partial charge in [0.25, 0.3) is 0 Å². The van der Waals surface area contributed by atoms with Gasteiger partial charge in [0.1, 0.15) is 5.60 Å². The van der Waals surface area contributed by atoms with Gasteiger partial charge in [-0.2, -0.15) is 0 Å². The van der Waals surface area contributed by atoms with E-state index in [4.69, 9.17) is 9.84 Å². The average Bonchev–Trinajstić information content (AvgIpc) is 2.45. The standard InChI is InChI=1S/C11H14BrNO2.C7H6BrNO2/c1-7-5-8(12)6-13-9(7)10(14)15-11(2,3)4;1-4-2-5(8)3-9-6(4)7(10)11/h5-6H,1-4H3;2-3H,1H3,(H,10,11). The van der Waals surface area contributed by atoms with Crippen LogP contribution in [0.15, 0.2) is 33.5 Å². The summed E-state index contributed by atoms with van der Waals surface area (Å²) in [5.74, 6) is -1.37. The van der Waals surface area contributed by atoms with Crippen molar-refractivity contribution in [3.05, 3.63) is 56.0 Å². The topological polar surface area (TPSA) is 89.4 Å². The van der Waals surface area contributed by atoms with E-state index >= 15 is 0 Å². The molecule has 0 unspecified atom stereocenters. The first kappa shape index (κ1) is 22.2. The predicted octanol–water partition coefficient (Wildman–Crippen LogP) is 4.96. The number of hydrogen-bond acceptors (Lipinski definition) is 5. The molecular weight excluding hydrogens is 468 g/mol. The SMILES string of the molecule is Cc1cc(Br)cnc1C(=O)O.Cc1cc(Br)cnc1C(=O)OC(C)(C)C. The highest BCUT2D eigenvalue weighted by molar-refractivity contribution is 9.10. The first-order valence-electron chi connectivity index (χ1n) is 7.61. The van der Waals surface area contributed by atoms with Crippen molar-refractivity contribution < 1.29 is 19.4 Å². The van der Waals surface area contributed by atoms with Crippen LogP contribution in [-0.2, 0) is 4.74 Å². The number of pyridine rings is 2. The van der Waals surface area contributed by atoms with Crippen LogP contribution in [0.2, 0.25) is 0 Å². The molecule has 26 heavy (non-hydrogen) atoms. The van der Waals surface area contributed by atoms with E-state index in [0.717, 1.165) is 14.5 Å². The minimum atomic E-state index is -0.991. The summed E-state index contributed by atoms with van der Waals surface area (Å²) in [6, 6.07) is 3.56. The van der Waals surface area contributed by atoms with E-state index in [1.165, 1.54) is 6.20 Å². The Morgan fingerprint density at radius 1 is 0.962 bits per heavy atom. The molecule has 0 fully saturated rings. The lowest BCUT2D eigenvalue weighted by molar-refractivity contribution is 0.00617. The molecule has 0 radical (unpaired) electrons. The Morgan fingerprint density at radius 3 is 1.73 bits per heavy atom. The Morgan fingerprint density at radius 2 is 1.38 bits per heavy atom. The highest BCUT2D eigenvalue weighted by Gasteiger charge is 2.20. The van der Waals surface area contributed by atoms with Gasteiger partial charge in [0.2, 0.25) is 0 Å². The van der Waals surface area contributed by atoms with Crippen molar-refractivity contribution in [2.75, 3.05) is 0 Å². The van der Waals surface area contributed by atoms with E-state index < -0.39 is 11.6 Å². The summed E-state index contributed by atoms with van der Waals surface area (Å²) < 4.78 is 6.87. The van der Waals surface area contributed by atoms with Gasteiger partial charge in [-0.15, -0.1) is 0 Å². The minimum Gasteiger partial charge on any atom is -0.477 e. The van der Waals surface area contributed by atoms with Gasteiger partial charge in [-0.25, -0.2) is 19.6 Å². The maximum absolute atomic E-state index is 11.7. The Bertz CT molecular complexity index is 817. The van der Waals surface area contributed by atoms with E-state index in [0.29, 0.717) is 11.3 Å². The Kier molecular flexibility index (Phi) is 7.89. The number of aromatic carboxylic acids is 1. The molecule has 0 atom stereocenters. The molecule has 2 rings (SSSR count). The molecule has 0 aromatic carbocycles. The summed E-state index contributed by atoms with van der Waals surface area (Å²) in [4.78, 5) is 29.9. The molecule has 0 amide bonds. The molecule has 0 aliphatic rings. The number of hydrogen-bond donors (Lipinski definition) is 1. The molecule has 0 aliphatic carbocycles. The third kappa shape index (κ3) is 7.21. The van der Waals surface area contributed by atoms with Crippen LogP contribution in [0.1, 0.15) is 52.9 Å². The molecule has 6 nitrogen and oxygen atoms in total. The quantitative estimate of drug-likeness (QED) is 0.602. The minimum absolute atomic E-state index is 0.105. The zero-order valence-corrected chi connectivity index (χ0v) is 18.3. The first-order chi connectivity index (χ1) is 11.9. The highest BCUT2D eigenvalue weighted by Crippen LogP contribution is 2.16. The number of carboxylic acids is 1. The third-order valence-corrected chi connectivity index (χ3v) is 3.75. The van der Waals surface area contributed by atoms with Gasteiger partial charge in [-0.05, 0) is 89.7 Å². The summed E-state index contributed by atoms with van der Waals surface area (Å²) in [5, 5.41) is 8.58. The first-order valence-corrected chi connectivity index (χ1v) is 9.20. The molecule has 2 aromatic heterocycles. The number of carbonyl (C=O) groups excluding carboxylic acids is 1. The monoisotopic (exact) mass is 486 g/mol. The summed E-state index contributed by atoms with van der Waals surface area (Å²) >= 11 is 6.48. The van der Waals surface area contributed by atoms with Gasteiger partial charge in [-0.1, -0.05) is 0 Å². The number of carbonyl (C=O) groups is 2. The summed E-state index contributed by atoms with van der Waals surface area (Å²) in [6.45, 7) is 9.04. The van der Waals surface area contributed by atoms with Crippen molar-refractivity contribution in [3.8, 4) is 0 Å². The van der Waals surface area contributed by atoms with Crippen molar-refractivity contribution in [2.45, 2.75) is 40.2 Å². The number of nitrogens with zero attached hydrogens (tertiary/aromatic N) is 2. The van der Waals surface area contributed by atoms with Crippen LogP contribution < -0.4 is 0 Å². The molecular formula is C18H20Br2N2O4. The fourth-order valence-electron chi connectivity index (χ4n) is 1.84. The predicted molar refractivity (Wildman–Crippen MR) is 105 cm³/mol. The van der Waals surface area contributed by atoms with Crippen LogP contribution in [0, 0.1) is 13.8 Å². The number of rotatable bonds is 2. The van der Waals surface area contributed by atoms with Crippen LogP contribution in [0.4, 0.5) is 0 Å². The second-order valence-corrected chi connectivity index (χ2v) is 8.28. The number of aryl methyl sites for hydroxylation is 2. The van der Waals surface area contributed by atoms with Crippen molar-refractivity contribution >= 4 is 43.8 Å². The van der Waals surface area contributed by atoms with Crippen molar-refractivity contribution in [1.29, 1.82) is 0 Å². The fraction of sp³-hybridized carbons (Fsp3) is 0.333. The smallest absolute Gasteiger partial charge is 0.357 e. The van der Waals surface area contributed by atoms with Gasteiger partial charge in [0.15, 0.2) is 11.4 Å². The van der Waals surface area contributed by atoms with Crippen LogP contribution in [-0.4, -0.2) is 32.6 Å². The van der Waals surface area contributed by atoms with Crippen LogP contribution >= 0.6 is 31.9 Å². The van der Waals surface area contributed by atoms with Gasteiger partial charge < -0.3 is 9.84 Å². The Balaban J connectivity index is 0.000000273. The second kappa shape index (κ2) is 9.23.